The summed E-state index contributed by atoms with van der Waals surface area (Å²) in [7, 11) is -3.14. The van der Waals surface area contributed by atoms with Crippen LogP contribution in [0.2, 0.25) is 0 Å². The summed E-state index contributed by atoms with van der Waals surface area (Å²) < 4.78 is 30.9. The molecule has 1 unspecified atom stereocenters. The number of pyridine rings is 1. The third-order valence-corrected chi connectivity index (χ3v) is 8.81. The van der Waals surface area contributed by atoms with Crippen molar-refractivity contribution >= 4 is 21.5 Å². The van der Waals surface area contributed by atoms with Gasteiger partial charge < -0.3 is 9.64 Å². The average molecular weight is 470 g/mol. The number of aromatic nitrogens is 3. The van der Waals surface area contributed by atoms with Gasteiger partial charge in [0.25, 0.3) is 0 Å². The van der Waals surface area contributed by atoms with Gasteiger partial charge in [0.1, 0.15) is 5.75 Å². The number of anilines is 1. The Labute approximate surface area is 195 Å². The van der Waals surface area contributed by atoms with Gasteiger partial charge >= 0.3 is 0 Å². The van der Waals surface area contributed by atoms with Crippen molar-refractivity contribution in [2.75, 3.05) is 43.9 Å². The third-order valence-electron chi connectivity index (χ3n) is 7.54. The predicted molar refractivity (Wildman–Crippen MR) is 127 cm³/mol. The molecular formula is C24H31N5O3S. The molecule has 1 saturated carbocycles. The van der Waals surface area contributed by atoms with E-state index in [4.69, 9.17) is 4.74 Å². The van der Waals surface area contributed by atoms with Crippen LogP contribution in [0.3, 0.4) is 0 Å². The smallest absolute Gasteiger partial charge is 0.225 e. The van der Waals surface area contributed by atoms with E-state index in [9.17, 15) is 8.42 Å². The summed E-state index contributed by atoms with van der Waals surface area (Å²) in [6.45, 7) is 7.98. The van der Waals surface area contributed by atoms with Crippen LogP contribution < -0.4 is 9.64 Å². The number of piperidine rings is 1. The number of fused-ring (bicyclic) bond motifs is 1. The first-order chi connectivity index (χ1) is 15.8. The minimum atomic E-state index is -3.14. The Morgan fingerprint density at radius 3 is 2.52 bits per heavy atom. The second kappa shape index (κ2) is 8.36. The zero-order chi connectivity index (χ0) is 23.2. The van der Waals surface area contributed by atoms with Crippen LogP contribution in [0, 0.1) is 17.3 Å². The van der Waals surface area contributed by atoms with Crippen LogP contribution in [0.25, 0.3) is 5.57 Å². The maximum absolute atomic E-state index is 11.7. The molecule has 176 valence electrons. The first-order valence-corrected chi connectivity index (χ1v) is 13.4. The minimum absolute atomic E-state index is 0.249. The molecule has 0 bridgehead atoms. The molecule has 0 radical (unpaired) electrons. The Bertz CT molecular complexity index is 1150. The molecule has 0 N–H and O–H groups in total. The fourth-order valence-electron chi connectivity index (χ4n) is 5.23. The van der Waals surface area contributed by atoms with Crippen LogP contribution in [-0.4, -0.2) is 66.7 Å². The van der Waals surface area contributed by atoms with Crippen molar-refractivity contribution in [2.24, 2.45) is 17.3 Å². The predicted octanol–water partition coefficient (Wildman–Crippen LogP) is 2.63. The Balaban J connectivity index is 1.13. The SMILES string of the molecule is CCc1cnc(N2CC3[C@H](COc4ccc(C5=CCN(S(C)(=O)=O)CC5)nc4)[C@]3(C)C2)nc1. The molecule has 9 heteroatoms. The summed E-state index contributed by atoms with van der Waals surface area (Å²) >= 11 is 0. The normalized spacial score (nSPS) is 27.2. The lowest BCUT2D eigenvalue weighted by molar-refractivity contribution is 0.269. The molecule has 1 aliphatic carbocycles. The largest absolute Gasteiger partial charge is 0.492 e. The highest BCUT2D eigenvalue weighted by Gasteiger charge is 2.66. The van der Waals surface area contributed by atoms with Gasteiger partial charge in [-0.15, -0.1) is 0 Å². The zero-order valence-corrected chi connectivity index (χ0v) is 20.3. The average Bonchev–Trinajstić information content (AvgIpc) is 3.18. The van der Waals surface area contributed by atoms with Crippen molar-refractivity contribution < 1.29 is 13.2 Å². The van der Waals surface area contributed by atoms with E-state index < -0.39 is 10.0 Å². The molecule has 3 aliphatic rings. The zero-order valence-electron chi connectivity index (χ0n) is 19.4. The van der Waals surface area contributed by atoms with E-state index in [0.717, 1.165) is 48.0 Å². The minimum Gasteiger partial charge on any atom is -0.492 e. The highest BCUT2D eigenvalue weighted by molar-refractivity contribution is 7.88. The number of hydrogen-bond acceptors (Lipinski definition) is 7. The fourth-order valence-corrected chi connectivity index (χ4v) is 5.99. The topological polar surface area (TPSA) is 88.5 Å². The fraction of sp³-hybridized carbons (Fsp3) is 0.542. The number of nitrogens with zero attached hydrogens (tertiary/aromatic N) is 5. The van der Waals surface area contributed by atoms with Crippen molar-refractivity contribution in [2.45, 2.75) is 26.7 Å². The van der Waals surface area contributed by atoms with Gasteiger partial charge in [-0.2, -0.15) is 4.31 Å². The lowest BCUT2D eigenvalue weighted by Gasteiger charge is -2.24. The van der Waals surface area contributed by atoms with Crippen molar-refractivity contribution in [3.8, 4) is 5.75 Å². The molecular weight excluding hydrogens is 438 g/mol. The summed E-state index contributed by atoms with van der Waals surface area (Å²) in [5, 5.41) is 0. The van der Waals surface area contributed by atoms with Gasteiger partial charge in [-0.25, -0.2) is 18.4 Å². The maximum atomic E-state index is 11.7. The molecule has 3 atom stereocenters. The second-order valence-electron chi connectivity index (χ2n) is 9.63. The molecule has 2 fully saturated rings. The van der Waals surface area contributed by atoms with Crippen LogP contribution in [0.5, 0.6) is 5.75 Å². The quantitative estimate of drug-likeness (QED) is 0.616. The Kier molecular flexibility index (Phi) is 5.64. The van der Waals surface area contributed by atoms with Crippen LogP contribution in [-0.2, 0) is 16.4 Å². The standard InChI is InChI=1S/C24H31N5O3S/c1-4-17-11-26-23(27-12-17)28-14-20-21(24(20,2)16-28)15-32-19-5-6-22(25-13-19)18-7-9-29(10-8-18)33(3,30)31/h5-7,11-13,20-21H,4,8-10,14-16H2,1-3H3/t20?,21-,24+/m0/s1. The number of aryl methyl sites for hydroxylation is 1. The highest BCUT2D eigenvalue weighted by atomic mass is 32.2. The molecule has 0 amide bonds. The van der Waals surface area contributed by atoms with E-state index in [2.05, 4.69) is 33.7 Å². The van der Waals surface area contributed by atoms with E-state index in [1.54, 1.807) is 6.20 Å². The highest BCUT2D eigenvalue weighted by Crippen LogP contribution is 2.63. The molecule has 0 aromatic carbocycles. The Morgan fingerprint density at radius 1 is 1.18 bits per heavy atom. The van der Waals surface area contributed by atoms with E-state index >= 15 is 0 Å². The van der Waals surface area contributed by atoms with Gasteiger partial charge in [0.2, 0.25) is 16.0 Å². The van der Waals surface area contributed by atoms with Crippen molar-refractivity contribution in [1.82, 2.24) is 19.3 Å². The summed E-state index contributed by atoms with van der Waals surface area (Å²) in [5.41, 5.74) is 3.38. The Hall–Kier alpha value is -2.52. The van der Waals surface area contributed by atoms with Crippen molar-refractivity contribution in [3.05, 3.63) is 48.1 Å². The lowest BCUT2D eigenvalue weighted by Crippen LogP contribution is -2.33. The number of ether oxygens (including phenoxy) is 1. The van der Waals surface area contributed by atoms with Crippen LogP contribution in [0.1, 0.15) is 31.5 Å². The Morgan fingerprint density at radius 2 is 1.97 bits per heavy atom. The van der Waals surface area contributed by atoms with E-state index in [1.165, 1.54) is 10.6 Å². The lowest BCUT2D eigenvalue weighted by atomic mass is 10.1. The first-order valence-electron chi connectivity index (χ1n) is 11.6. The summed E-state index contributed by atoms with van der Waals surface area (Å²) in [6.07, 6.45) is 10.5. The molecule has 33 heavy (non-hydrogen) atoms. The summed E-state index contributed by atoms with van der Waals surface area (Å²) in [4.78, 5) is 15.9. The molecule has 4 heterocycles. The number of rotatable bonds is 7. The molecule has 5 rings (SSSR count). The number of hydrogen-bond donors (Lipinski definition) is 0. The van der Waals surface area contributed by atoms with Crippen LogP contribution >= 0.6 is 0 Å². The van der Waals surface area contributed by atoms with Gasteiger partial charge in [0.15, 0.2) is 0 Å². The van der Waals surface area contributed by atoms with Gasteiger partial charge in [-0.1, -0.05) is 19.9 Å². The van der Waals surface area contributed by atoms with Gasteiger partial charge in [0.05, 0.1) is 24.8 Å². The van der Waals surface area contributed by atoms with Crippen molar-refractivity contribution in [3.63, 3.8) is 0 Å². The third kappa shape index (κ3) is 4.36. The first kappa shape index (κ1) is 22.3. The van der Waals surface area contributed by atoms with E-state index in [1.807, 2.05) is 30.6 Å². The summed E-state index contributed by atoms with van der Waals surface area (Å²) in [5.74, 6) is 2.74. The molecule has 8 nitrogen and oxygen atoms in total. The molecule has 0 spiro atoms. The van der Waals surface area contributed by atoms with Crippen molar-refractivity contribution in [1.29, 1.82) is 0 Å². The number of sulfonamides is 1. The van der Waals surface area contributed by atoms with Gasteiger partial charge in [-0.05, 0) is 47.4 Å². The van der Waals surface area contributed by atoms with Crippen LogP contribution in [0.4, 0.5) is 5.95 Å². The molecule has 2 aliphatic heterocycles. The summed E-state index contributed by atoms with van der Waals surface area (Å²) in [6, 6.07) is 3.92. The monoisotopic (exact) mass is 469 g/mol. The van der Waals surface area contributed by atoms with Crippen LogP contribution in [0.15, 0.2) is 36.8 Å². The van der Waals surface area contributed by atoms with Gasteiger partial charge in [0, 0.05) is 44.5 Å². The maximum Gasteiger partial charge on any atom is 0.225 e. The second-order valence-corrected chi connectivity index (χ2v) is 11.6. The van der Waals surface area contributed by atoms with Gasteiger partial charge in [-0.3, -0.25) is 4.98 Å². The molecule has 1 saturated heterocycles. The van der Waals surface area contributed by atoms with E-state index in [0.29, 0.717) is 38.0 Å². The molecule has 2 aromatic heterocycles. The molecule has 2 aromatic rings. The van der Waals surface area contributed by atoms with E-state index in [-0.39, 0.29) is 5.41 Å².